The molecule has 18 heavy (non-hydrogen) atoms. The van der Waals surface area contributed by atoms with Crippen molar-refractivity contribution >= 4 is 33.3 Å². The molecule has 0 saturated heterocycles. The minimum atomic E-state index is -0.293. The molecule has 0 radical (unpaired) electrons. The highest BCUT2D eigenvalue weighted by molar-refractivity contribution is 9.10. The van der Waals surface area contributed by atoms with Crippen molar-refractivity contribution in [2.75, 3.05) is 43.6 Å². The second-order valence-corrected chi connectivity index (χ2v) is 5.45. The summed E-state index contributed by atoms with van der Waals surface area (Å²) in [5.41, 5.74) is 2.37. The fraction of sp³-hybridized carbons (Fsp3) is 0.462. The Hall–Kier alpha value is -1.23. The fourth-order valence-electron chi connectivity index (χ4n) is 2.15. The molecule has 0 amide bonds. The van der Waals surface area contributed by atoms with Crippen LogP contribution in [0.25, 0.3) is 0 Å². The average molecular weight is 313 g/mol. The predicted octanol–water partition coefficient (Wildman–Crippen LogP) is 1.88. The van der Waals surface area contributed by atoms with Crippen molar-refractivity contribution in [3.8, 4) is 0 Å². The minimum Gasteiger partial charge on any atom is -0.468 e. The molecule has 98 valence electrons. The third-order valence-electron chi connectivity index (χ3n) is 3.18. The summed E-state index contributed by atoms with van der Waals surface area (Å²) < 4.78 is 4.74. The molecule has 1 atom stereocenters. The Morgan fingerprint density at radius 2 is 2.06 bits per heavy atom. The van der Waals surface area contributed by atoms with Crippen LogP contribution in [0.15, 0.2) is 24.3 Å². The molecule has 1 aliphatic rings. The SMILES string of the molecule is COC(=O)C(Br)CN1CCN(C)c2ccccc21. The van der Waals surface area contributed by atoms with Crippen LogP contribution < -0.4 is 9.80 Å². The summed E-state index contributed by atoms with van der Waals surface area (Å²) >= 11 is 3.38. The number of hydrogen-bond acceptors (Lipinski definition) is 4. The van der Waals surface area contributed by atoms with Crippen molar-refractivity contribution in [3.63, 3.8) is 0 Å². The first kappa shape index (κ1) is 13.2. The second kappa shape index (κ2) is 5.61. The molecule has 0 saturated carbocycles. The molecule has 1 aromatic rings. The number of ether oxygens (including phenoxy) is 1. The Kier molecular flexibility index (Phi) is 4.11. The van der Waals surface area contributed by atoms with Gasteiger partial charge < -0.3 is 14.5 Å². The van der Waals surface area contributed by atoms with E-state index in [1.807, 2.05) is 12.1 Å². The molecule has 0 bridgehead atoms. The van der Waals surface area contributed by atoms with Crippen molar-refractivity contribution in [1.29, 1.82) is 0 Å². The van der Waals surface area contributed by atoms with E-state index < -0.39 is 0 Å². The Morgan fingerprint density at radius 3 is 2.72 bits per heavy atom. The number of likely N-dealkylation sites (N-methyl/N-ethyl adjacent to an activating group) is 1. The molecule has 4 nitrogen and oxygen atoms in total. The van der Waals surface area contributed by atoms with E-state index in [2.05, 4.69) is 44.9 Å². The molecule has 0 aromatic heterocycles. The van der Waals surface area contributed by atoms with E-state index in [0.29, 0.717) is 6.54 Å². The first-order valence-corrected chi connectivity index (χ1v) is 6.82. The number of hydrogen-bond donors (Lipinski definition) is 0. The van der Waals surface area contributed by atoms with Crippen LogP contribution in [0, 0.1) is 0 Å². The number of esters is 1. The number of carbonyl (C=O) groups is 1. The largest absolute Gasteiger partial charge is 0.468 e. The van der Waals surface area contributed by atoms with Gasteiger partial charge in [-0.3, -0.25) is 4.79 Å². The number of carbonyl (C=O) groups excluding carboxylic acids is 1. The lowest BCUT2D eigenvalue weighted by Crippen LogP contribution is -2.43. The smallest absolute Gasteiger partial charge is 0.321 e. The lowest BCUT2D eigenvalue weighted by Gasteiger charge is -2.37. The van der Waals surface area contributed by atoms with Crippen LogP contribution in [-0.4, -0.2) is 44.6 Å². The van der Waals surface area contributed by atoms with Gasteiger partial charge in [0.25, 0.3) is 0 Å². The molecule has 0 spiro atoms. The highest BCUT2D eigenvalue weighted by atomic mass is 79.9. The Bertz CT molecular complexity index is 439. The van der Waals surface area contributed by atoms with Gasteiger partial charge in [-0.25, -0.2) is 0 Å². The van der Waals surface area contributed by atoms with Gasteiger partial charge in [0.15, 0.2) is 0 Å². The van der Waals surface area contributed by atoms with Gasteiger partial charge in [0.2, 0.25) is 0 Å². The maximum Gasteiger partial charge on any atom is 0.321 e. The highest BCUT2D eigenvalue weighted by Crippen LogP contribution is 2.32. The fourth-order valence-corrected chi connectivity index (χ4v) is 2.69. The van der Waals surface area contributed by atoms with Gasteiger partial charge in [-0.15, -0.1) is 0 Å². The summed E-state index contributed by atoms with van der Waals surface area (Å²) in [6, 6.07) is 8.24. The van der Waals surface area contributed by atoms with Crippen molar-refractivity contribution < 1.29 is 9.53 Å². The number of para-hydroxylation sites is 2. The molecule has 0 aliphatic carbocycles. The third kappa shape index (κ3) is 2.61. The van der Waals surface area contributed by atoms with Gasteiger partial charge in [-0.1, -0.05) is 28.1 Å². The molecule has 0 fully saturated rings. The zero-order chi connectivity index (χ0) is 13.1. The third-order valence-corrected chi connectivity index (χ3v) is 3.84. The van der Waals surface area contributed by atoms with Gasteiger partial charge in [0, 0.05) is 26.7 Å². The zero-order valence-corrected chi connectivity index (χ0v) is 12.2. The van der Waals surface area contributed by atoms with E-state index >= 15 is 0 Å². The molecule has 1 aliphatic heterocycles. The number of halogens is 1. The minimum absolute atomic E-state index is 0.230. The molecule has 1 heterocycles. The Labute approximate surface area is 116 Å². The van der Waals surface area contributed by atoms with Crippen LogP contribution >= 0.6 is 15.9 Å². The average Bonchev–Trinajstić information content (AvgIpc) is 2.41. The summed E-state index contributed by atoms with van der Waals surface area (Å²) in [7, 11) is 3.50. The van der Waals surface area contributed by atoms with Crippen LogP contribution in [0.3, 0.4) is 0 Å². The lowest BCUT2D eigenvalue weighted by atomic mass is 10.1. The Balaban J connectivity index is 2.16. The second-order valence-electron chi connectivity index (χ2n) is 4.35. The van der Waals surface area contributed by atoms with Gasteiger partial charge >= 0.3 is 5.97 Å². The molecule has 1 aromatic carbocycles. The lowest BCUT2D eigenvalue weighted by molar-refractivity contribution is -0.139. The summed E-state index contributed by atoms with van der Waals surface area (Å²) in [6.45, 7) is 2.49. The normalized spacial score (nSPS) is 16.2. The van der Waals surface area contributed by atoms with Crippen LogP contribution in [0.4, 0.5) is 11.4 Å². The standard InChI is InChI=1S/C13H17BrN2O2/c1-15-7-8-16(9-10(14)13(17)18-2)12-6-4-3-5-11(12)15/h3-6,10H,7-9H2,1-2H3. The molecule has 0 N–H and O–H groups in total. The molecular formula is C13H17BrN2O2. The number of fused-ring (bicyclic) bond motifs is 1. The topological polar surface area (TPSA) is 32.8 Å². The van der Waals surface area contributed by atoms with Crippen molar-refractivity contribution in [3.05, 3.63) is 24.3 Å². The van der Waals surface area contributed by atoms with E-state index in [9.17, 15) is 4.79 Å². The predicted molar refractivity (Wildman–Crippen MR) is 76.7 cm³/mol. The van der Waals surface area contributed by atoms with Gasteiger partial charge in [0.05, 0.1) is 18.5 Å². The Morgan fingerprint density at radius 1 is 1.39 bits per heavy atom. The van der Waals surface area contributed by atoms with E-state index in [1.54, 1.807) is 0 Å². The van der Waals surface area contributed by atoms with Crippen molar-refractivity contribution in [2.24, 2.45) is 0 Å². The van der Waals surface area contributed by atoms with Gasteiger partial charge in [0.1, 0.15) is 4.83 Å². The van der Waals surface area contributed by atoms with Crippen molar-refractivity contribution in [1.82, 2.24) is 0 Å². The van der Waals surface area contributed by atoms with Crippen molar-refractivity contribution in [2.45, 2.75) is 4.83 Å². The number of methoxy groups -OCH3 is 1. The van der Waals surface area contributed by atoms with E-state index in [4.69, 9.17) is 4.74 Å². The molecule has 1 unspecified atom stereocenters. The maximum atomic E-state index is 11.5. The molecular weight excluding hydrogens is 296 g/mol. The summed E-state index contributed by atoms with van der Waals surface area (Å²) in [4.78, 5) is 15.6. The van der Waals surface area contributed by atoms with Crippen LogP contribution in [0.1, 0.15) is 0 Å². The first-order chi connectivity index (χ1) is 8.63. The first-order valence-electron chi connectivity index (χ1n) is 5.90. The van der Waals surface area contributed by atoms with Gasteiger partial charge in [-0.05, 0) is 12.1 Å². The van der Waals surface area contributed by atoms with E-state index in [1.165, 1.54) is 18.5 Å². The van der Waals surface area contributed by atoms with Crippen LogP contribution in [0.2, 0.25) is 0 Å². The van der Waals surface area contributed by atoms with Crippen LogP contribution in [-0.2, 0) is 9.53 Å². The number of nitrogens with zero attached hydrogens (tertiary/aromatic N) is 2. The molecule has 2 rings (SSSR count). The summed E-state index contributed by atoms with van der Waals surface area (Å²) in [6.07, 6.45) is 0. The number of alkyl halides is 1. The highest BCUT2D eigenvalue weighted by Gasteiger charge is 2.24. The van der Waals surface area contributed by atoms with Crippen LogP contribution in [0.5, 0.6) is 0 Å². The summed E-state index contributed by atoms with van der Waals surface area (Å²) in [5, 5.41) is 0. The monoisotopic (exact) mass is 312 g/mol. The maximum absolute atomic E-state index is 11.5. The summed E-state index contributed by atoms with van der Waals surface area (Å²) in [5.74, 6) is -0.230. The zero-order valence-electron chi connectivity index (χ0n) is 10.6. The van der Waals surface area contributed by atoms with E-state index in [-0.39, 0.29) is 10.8 Å². The number of anilines is 2. The van der Waals surface area contributed by atoms with E-state index in [0.717, 1.165) is 13.1 Å². The van der Waals surface area contributed by atoms with Gasteiger partial charge in [-0.2, -0.15) is 0 Å². The molecule has 5 heteroatoms. The number of rotatable bonds is 3. The number of benzene rings is 1. The quantitative estimate of drug-likeness (QED) is 0.630.